The Bertz CT molecular complexity index is 642. The van der Waals surface area contributed by atoms with Gasteiger partial charge in [0, 0.05) is 6.20 Å². The Morgan fingerprint density at radius 1 is 1.25 bits per heavy atom. The van der Waals surface area contributed by atoms with E-state index in [1.807, 2.05) is 17.3 Å². The summed E-state index contributed by atoms with van der Waals surface area (Å²) in [5.74, 6) is -0.235. The van der Waals surface area contributed by atoms with Gasteiger partial charge in [0.1, 0.15) is 5.82 Å². The third-order valence-corrected chi connectivity index (χ3v) is 3.53. The van der Waals surface area contributed by atoms with Gasteiger partial charge >= 0.3 is 0 Å². The summed E-state index contributed by atoms with van der Waals surface area (Å²) in [6, 6.07) is 8.25. The summed E-state index contributed by atoms with van der Waals surface area (Å²) in [4.78, 5) is 8.61. The monoisotopic (exact) mass is 288 g/mol. The van der Waals surface area contributed by atoms with E-state index in [-0.39, 0.29) is 5.82 Å². The van der Waals surface area contributed by atoms with E-state index in [0.717, 1.165) is 22.2 Å². The highest BCUT2D eigenvalue weighted by atomic mass is 32.2. The Morgan fingerprint density at radius 3 is 2.80 bits per heavy atom. The number of benzene rings is 1. The maximum atomic E-state index is 12.9. The fourth-order valence-corrected chi connectivity index (χ4v) is 2.32. The van der Waals surface area contributed by atoms with Crippen molar-refractivity contribution < 1.29 is 4.39 Å². The molecule has 4 nitrogen and oxygen atoms in total. The summed E-state index contributed by atoms with van der Waals surface area (Å²) in [5.41, 5.74) is 5.97. The maximum Gasteiger partial charge on any atom is 0.187 e. The Balaban J connectivity index is 1.77. The molecule has 0 atom stereocenters. The van der Waals surface area contributed by atoms with E-state index < -0.39 is 0 Å². The molecule has 6 heteroatoms. The molecule has 0 aliphatic carbocycles. The van der Waals surface area contributed by atoms with Crippen LogP contribution in [-0.4, -0.2) is 22.8 Å². The maximum absolute atomic E-state index is 12.9. The summed E-state index contributed by atoms with van der Waals surface area (Å²) >= 11 is 1.51. The second-order valence-electron chi connectivity index (χ2n) is 4.25. The highest BCUT2D eigenvalue weighted by Crippen LogP contribution is 2.21. The smallest absolute Gasteiger partial charge is 0.187 e. The fraction of sp³-hybridized carbons (Fsp3) is 0.143. The molecule has 0 radical (unpaired) electrons. The number of hydrogen-bond donors (Lipinski definition) is 1. The lowest BCUT2D eigenvalue weighted by atomic mass is 10.3. The van der Waals surface area contributed by atoms with Crippen molar-refractivity contribution in [2.75, 3.05) is 17.8 Å². The zero-order valence-corrected chi connectivity index (χ0v) is 11.7. The molecule has 20 heavy (non-hydrogen) atoms. The molecule has 0 saturated heterocycles. The van der Waals surface area contributed by atoms with Crippen molar-refractivity contribution in [2.24, 2.45) is 0 Å². The molecule has 1 aromatic heterocycles. The molecule has 1 aliphatic heterocycles. The van der Waals surface area contributed by atoms with Gasteiger partial charge in [0.25, 0.3) is 0 Å². The van der Waals surface area contributed by atoms with Crippen LogP contribution in [0.5, 0.6) is 0 Å². The van der Waals surface area contributed by atoms with Crippen LogP contribution in [0.4, 0.5) is 10.1 Å². The summed E-state index contributed by atoms with van der Waals surface area (Å²) in [7, 11) is 0. The van der Waals surface area contributed by atoms with Crippen LogP contribution in [-0.2, 0) is 0 Å². The lowest BCUT2D eigenvalue weighted by Gasteiger charge is -2.20. The van der Waals surface area contributed by atoms with E-state index in [1.54, 1.807) is 18.3 Å². The van der Waals surface area contributed by atoms with Gasteiger partial charge in [0.15, 0.2) is 5.16 Å². The Labute approximate surface area is 120 Å². The molecule has 2 heterocycles. The molecule has 0 amide bonds. The van der Waals surface area contributed by atoms with Crippen molar-refractivity contribution in [1.29, 1.82) is 0 Å². The molecular formula is C14H13FN4S. The van der Waals surface area contributed by atoms with Crippen LogP contribution in [0.3, 0.4) is 0 Å². The first-order valence-corrected chi connectivity index (χ1v) is 7.36. The van der Waals surface area contributed by atoms with Crippen LogP contribution < -0.4 is 10.4 Å². The Morgan fingerprint density at radius 2 is 2.05 bits per heavy atom. The van der Waals surface area contributed by atoms with E-state index >= 15 is 0 Å². The number of aromatic nitrogens is 2. The zero-order chi connectivity index (χ0) is 13.9. The van der Waals surface area contributed by atoms with Crippen LogP contribution in [0.2, 0.25) is 0 Å². The first-order chi connectivity index (χ1) is 9.76. The second-order valence-corrected chi connectivity index (χ2v) is 5.02. The molecule has 0 unspecified atom stereocenters. The second kappa shape index (κ2) is 5.50. The van der Waals surface area contributed by atoms with Crippen LogP contribution in [0.25, 0.3) is 5.70 Å². The van der Waals surface area contributed by atoms with Gasteiger partial charge < -0.3 is 0 Å². The molecule has 0 saturated carbocycles. The molecule has 102 valence electrons. The predicted molar refractivity (Wildman–Crippen MR) is 78.7 cm³/mol. The fourth-order valence-electron chi connectivity index (χ4n) is 1.96. The number of hydrogen-bond acceptors (Lipinski definition) is 5. The normalized spacial score (nSPS) is 14.1. The van der Waals surface area contributed by atoms with Gasteiger partial charge in [-0.2, -0.15) is 0 Å². The first kappa shape index (κ1) is 12.9. The first-order valence-electron chi connectivity index (χ1n) is 6.13. The SMILES string of the molecule is CSc1nccc(C2=CCN(c3ccc(F)cc3)N2)n1. The lowest BCUT2D eigenvalue weighted by molar-refractivity contribution is 0.627. The molecule has 1 N–H and O–H groups in total. The minimum Gasteiger partial charge on any atom is -0.296 e. The molecule has 0 bridgehead atoms. The topological polar surface area (TPSA) is 41.1 Å². The zero-order valence-electron chi connectivity index (χ0n) is 10.9. The Hall–Kier alpha value is -2.08. The van der Waals surface area contributed by atoms with Crippen molar-refractivity contribution in [1.82, 2.24) is 15.4 Å². The van der Waals surface area contributed by atoms with Gasteiger partial charge in [0.05, 0.1) is 23.6 Å². The molecule has 1 aromatic carbocycles. The average molecular weight is 288 g/mol. The highest BCUT2D eigenvalue weighted by Gasteiger charge is 2.16. The molecular weight excluding hydrogens is 275 g/mol. The van der Waals surface area contributed by atoms with Crippen molar-refractivity contribution in [3.05, 3.63) is 54.1 Å². The van der Waals surface area contributed by atoms with E-state index in [9.17, 15) is 4.39 Å². The number of rotatable bonds is 3. The van der Waals surface area contributed by atoms with Gasteiger partial charge in [-0.3, -0.25) is 10.4 Å². The molecule has 1 aliphatic rings. The van der Waals surface area contributed by atoms with Crippen LogP contribution >= 0.6 is 11.8 Å². The molecule has 2 aromatic rings. The van der Waals surface area contributed by atoms with Crippen LogP contribution in [0, 0.1) is 5.82 Å². The number of hydrazine groups is 1. The van der Waals surface area contributed by atoms with E-state index in [2.05, 4.69) is 21.5 Å². The lowest BCUT2D eigenvalue weighted by Crippen LogP contribution is -2.31. The molecule has 3 rings (SSSR count). The summed E-state index contributed by atoms with van der Waals surface area (Å²) in [6.45, 7) is 0.708. The van der Waals surface area contributed by atoms with Gasteiger partial charge in [-0.05, 0) is 42.7 Å². The summed E-state index contributed by atoms with van der Waals surface area (Å²) in [5, 5.41) is 2.68. The van der Waals surface area contributed by atoms with Gasteiger partial charge in [-0.25, -0.2) is 14.4 Å². The van der Waals surface area contributed by atoms with E-state index in [1.165, 1.54) is 23.9 Å². The van der Waals surface area contributed by atoms with Gasteiger partial charge in [0.2, 0.25) is 0 Å². The predicted octanol–water partition coefficient (Wildman–Crippen LogP) is 2.70. The number of thioether (sulfide) groups is 1. The highest BCUT2D eigenvalue weighted by molar-refractivity contribution is 7.98. The van der Waals surface area contributed by atoms with E-state index in [4.69, 9.17) is 0 Å². The average Bonchev–Trinajstić information content (AvgIpc) is 2.98. The van der Waals surface area contributed by atoms with Crippen molar-refractivity contribution in [3.63, 3.8) is 0 Å². The van der Waals surface area contributed by atoms with Crippen LogP contribution in [0.1, 0.15) is 5.69 Å². The van der Waals surface area contributed by atoms with Gasteiger partial charge in [-0.15, -0.1) is 0 Å². The number of halogens is 1. The van der Waals surface area contributed by atoms with Crippen molar-refractivity contribution in [3.8, 4) is 0 Å². The number of nitrogens with one attached hydrogen (secondary N) is 1. The van der Waals surface area contributed by atoms with Crippen molar-refractivity contribution in [2.45, 2.75) is 5.16 Å². The summed E-state index contributed by atoms with van der Waals surface area (Å²) < 4.78 is 12.9. The number of anilines is 1. The van der Waals surface area contributed by atoms with Crippen molar-refractivity contribution >= 4 is 23.1 Å². The quantitative estimate of drug-likeness (QED) is 0.694. The standard InChI is InChI=1S/C14H13FN4S/c1-20-14-16-8-6-12(17-14)13-7-9-19(18-13)11-4-2-10(15)3-5-11/h2-8,18H,9H2,1H3. The third-order valence-electron chi connectivity index (χ3n) is 2.96. The third kappa shape index (κ3) is 2.60. The van der Waals surface area contributed by atoms with E-state index in [0.29, 0.717) is 6.54 Å². The minimum absolute atomic E-state index is 0.235. The van der Waals surface area contributed by atoms with Gasteiger partial charge in [-0.1, -0.05) is 11.8 Å². The molecule has 0 spiro atoms. The minimum atomic E-state index is -0.235. The largest absolute Gasteiger partial charge is 0.296 e. The Kier molecular flexibility index (Phi) is 3.56. The molecule has 0 fully saturated rings. The summed E-state index contributed by atoms with van der Waals surface area (Å²) in [6.07, 6.45) is 5.74. The number of nitrogens with zero attached hydrogens (tertiary/aromatic N) is 3. The van der Waals surface area contributed by atoms with Crippen LogP contribution in [0.15, 0.2) is 47.8 Å².